The van der Waals surface area contributed by atoms with E-state index in [2.05, 4.69) is 26.4 Å². The van der Waals surface area contributed by atoms with E-state index in [4.69, 9.17) is 23.2 Å². The Labute approximate surface area is 151 Å². The van der Waals surface area contributed by atoms with Gasteiger partial charge in [-0.15, -0.1) is 21.9 Å². The van der Waals surface area contributed by atoms with Crippen molar-refractivity contribution in [2.24, 2.45) is 0 Å². The summed E-state index contributed by atoms with van der Waals surface area (Å²) < 4.78 is 6.43. The van der Waals surface area contributed by atoms with Gasteiger partial charge in [-0.05, 0) is 24.3 Å². The van der Waals surface area contributed by atoms with Gasteiger partial charge in [0.2, 0.25) is 0 Å². The molecule has 2 aromatic heterocycles. The smallest absolute Gasteiger partial charge is 0.192 e. The highest BCUT2D eigenvalue weighted by atomic mass is 35.5. The topological polar surface area (TPSA) is 56.5 Å². The minimum absolute atomic E-state index is 0.589. The fraction of sp³-hybridized carbons (Fsp3) is 0.143. The molecule has 0 N–H and O–H groups in total. The highest BCUT2D eigenvalue weighted by molar-refractivity contribution is 7.98. The molecule has 1 aromatic carbocycles. The Hall–Kier alpha value is -1.41. The Morgan fingerprint density at radius 2 is 1.96 bits per heavy atom. The largest absolute Gasteiger partial charge is 0.298 e. The molecule has 0 amide bonds. The van der Waals surface area contributed by atoms with Gasteiger partial charge < -0.3 is 0 Å². The van der Waals surface area contributed by atoms with E-state index < -0.39 is 0 Å². The summed E-state index contributed by atoms with van der Waals surface area (Å²) in [6, 6.07) is 7.50. The van der Waals surface area contributed by atoms with Crippen LogP contribution in [0, 0.1) is 0 Å². The third-order valence-corrected chi connectivity index (χ3v) is 5.19. The Kier molecular flexibility index (Phi) is 5.32. The van der Waals surface area contributed by atoms with Gasteiger partial charge in [0.25, 0.3) is 0 Å². The molecule has 0 saturated carbocycles. The van der Waals surface area contributed by atoms with Crippen molar-refractivity contribution < 1.29 is 0 Å². The van der Waals surface area contributed by atoms with Crippen molar-refractivity contribution in [3.05, 3.63) is 52.0 Å². The summed E-state index contributed by atoms with van der Waals surface area (Å²) in [7, 11) is 0. The first-order valence-electron chi connectivity index (χ1n) is 6.58. The number of benzene rings is 1. The predicted molar refractivity (Wildman–Crippen MR) is 95.1 cm³/mol. The van der Waals surface area contributed by atoms with Gasteiger partial charge in [-0.1, -0.05) is 45.5 Å². The molecule has 0 unspecified atom stereocenters. The second-order valence-corrected chi connectivity index (χ2v) is 7.23. The fourth-order valence-corrected chi connectivity index (χ4v) is 3.72. The van der Waals surface area contributed by atoms with E-state index in [1.54, 1.807) is 0 Å². The molecule has 5 nitrogen and oxygen atoms in total. The zero-order chi connectivity index (χ0) is 16.2. The van der Waals surface area contributed by atoms with E-state index in [0.717, 1.165) is 22.2 Å². The lowest BCUT2D eigenvalue weighted by molar-refractivity contribution is 0.731. The van der Waals surface area contributed by atoms with Gasteiger partial charge in [0.15, 0.2) is 11.0 Å². The molecule has 0 aliphatic carbocycles. The number of nitrogens with zero attached hydrogens (tertiary/aromatic N) is 5. The number of aromatic nitrogens is 5. The lowest BCUT2D eigenvalue weighted by Gasteiger charge is -2.07. The highest BCUT2D eigenvalue weighted by Gasteiger charge is 2.15. The van der Waals surface area contributed by atoms with Crippen molar-refractivity contribution in [2.75, 3.05) is 0 Å². The summed E-state index contributed by atoms with van der Waals surface area (Å²) in [6.45, 7) is 4.41. The molecular formula is C14H11Cl2N5S2. The normalized spacial score (nSPS) is 10.9. The zero-order valence-corrected chi connectivity index (χ0v) is 15.0. The van der Waals surface area contributed by atoms with Crippen LogP contribution in [-0.2, 0) is 12.3 Å². The van der Waals surface area contributed by atoms with Crippen LogP contribution in [0.2, 0.25) is 9.36 Å². The van der Waals surface area contributed by atoms with Crippen LogP contribution in [-0.4, -0.2) is 24.4 Å². The van der Waals surface area contributed by atoms with Gasteiger partial charge >= 0.3 is 0 Å². The maximum Gasteiger partial charge on any atom is 0.192 e. The third kappa shape index (κ3) is 3.74. The van der Waals surface area contributed by atoms with Crippen molar-refractivity contribution in [1.29, 1.82) is 0 Å². The first-order valence-corrected chi connectivity index (χ1v) is 9.10. The van der Waals surface area contributed by atoms with E-state index in [9.17, 15) is 0 Å². The molecule has 0 saturated heterocycles. The average Bonchev–Trinajstić information content (AvgIpc) is 3.13. The van der Waals surface area contributed by atoms with Crippen LogP contribution in [0.3, 0.4) is 0 Å². The number of thioether (sulfide) groups is 1. The van der Waals surface area contributed by atoms with E-state index in [0.29, 0.717) is 21.7 Å². The lowest BCUT2D eigenvalue weighted by atomic mass is 10.2. The minimum atomic E-state index is 0.589. The molecule has 0 fully saturated rings. The molecule has 2 heterocycles. The standard InChI is InChI=1S/C14H11Cl2N5S2/c1-2-7-21-13(9-3-5-10(15)6-4-9)18-19-14(21)22-8-11-12(16)23-20-17-11/h2-6H,1,7-8H2. The molecule has 3 aromatic rings. The molecule has 0 radical (unpaired) electrons. The molecule has 3 rings (SSSR count). The highest BCUT2D eigenvalue weighted by Crippen LogP contribution is 2.29. The maximum atomic E-state index is 6.03. The Bertz CT molecular complexity index is 813. The number of halogens is 2. The SMILES string of the molecule is C=CCn1c(SCc2nnsc2Cl)nnc1-c1ccc(Cl)cc1. The van der Waals surface area contributed by atoms with E-state index in [1.165, 1.54) is 23.3 Å². The molecule has 0 aliphatic heterocycles. The number of allylic oxidation sites excluding steroid dienone is 1. The second kappa shape index (κ2) is 7.44. The molecular weight excluding hydrogens is 373 g/mol. The van der Waals surface area contributed by atoms with Crippen LogP contribution in [0.1, 0.15) is 5.69 Å². The summed E-state index contributed by atoms with van der Waals surface area (Å²) in [5.41, 5.74) is 1.70. The first kappa shape index (κ1) is 16.4. The van der Waals surface area contributed by atoms with E-state index >= 15 is 0 Å². The lowest BCUT2D eigenvalue weighted by Crippen LogP contribution is -2.00. The maximum absolute atomic E-state index is 6.03. The van der Waals surface area contributed by atoms with E-state index in [1.807, 2.05) is 34.9 Å². The quantitative estimate of drug-likeness (QED) is 0.460. The fourth-order valence-electron chi connectivity index (χ4n) is 1.92. The van der Waals surface area contributed by atoms with Gasteiger partial charge in [0.05, 0.1) is 0 Å². The molecule has 0 bridgehead atoms. The van der Waals surface area contributed by atoms with Crippen LogP contribution < -0.4 is 0 Å². The van der Waals surface area contributed by atoms with Gasteiger partial charge in [-0.25, -0.2) is 0 Å². The Balaban J connectivity index is 1.87. The van der Waals surface area contributed by atoms with Gasteiger partial charge in [-0.3, -0.25) is 4.57 Å². The Morgan fingerprint density at radius 3 is 2.61 bits per heavy atom. The number of hydrogen-bond acceptors (Lipinski definition) is 6. The predicted octanol–water partition coefficient (Wildman–Crippen LogP) is 4.58. The summed E-state index contributed by atoms with van der Waals surface area (Å²) in [6.07, 6.45) is 1.81. The summed E-state index contributed by atoms with van der Waals surface area (Å²) in [5, 5.41) is 14.0. The van der Waals surface area contributed by atoms with Crippen molar-refractivity contribution in [1.82, 2.24) is 24.4 Å². The van der Waals surface area contributed by atoms with Crippen molar-refractivity contribution in [3.63, 3.8) is 0 Å². The molecule has 9 heteroatoms. The van der Waals surface area contributed by atoms with Crippen LogP contribution >= 0.6 is 46.5 Å². The van der Waals surface area contributed by atoms with Crippen molar-refractivity contribution >= 4 is 46.5 Å². The number of rotatable bonds is 6. The molecule has 0 aliphatic rings. The monoisotopic (exact) mass is 383 g/mol. The second-order valence-electron chi connectivity index (χ2n) is 4.49. The Morgan fingerprint density at radius 1 is 1.17 bits per heavy atom. The van der Waals surface area contributed by atoms with Crippen molar-refractivity contribution in [2.45, 2.75) is 17.5 Å². The van der Waals surface area contributed by atoms with Crippen LogP contribution in [0.5, 0.6) is 0 Å². The molecule has 0 atom stereocenters. The van der Waals surface area contributed by atoms with Crippen molar-refractivity contribution in [3.8, 4) is 11.4 Å². The van der Waals surface area contributed by atoms with Crippen LogP contribution in [0.4, 0.5) is 0 Å². The van der Waals surface area contributed by atoms with Crippen LogP contribution in [0.15, 0.2) is 42.1 Å². The van der Waals surface area contributed by atoms with Crippen LogP contribution in [0.25, 0.3) is 11.4 Å². The average molecular weight is 384 g/mol. The summed E-state index contributed by atoms with van der Waals surface area (Å²) in [4.78, 5) is 0. The molecule has 23 heavy (non-hydrogen) atoms. The minimum Gasteiger partial charge on any atom is -0.298 e. The van der Waals surface area contributed by atoms with Gasteiger partial charge in [0, 0.05) is 34.4 Å². The molecule has 0 spiro atoms. The third-order valence-electron chi connectivity index (χ3n) is 2.98. The van der Waals surface area contributed by atoms with Gasteiger partial charge in [-0.2, -0.15) is 0 Å². The molecule has 118 valence electrons. The first-order chi connectivity index (χ1) is 11.2. The summed E-state index contributed by atoms with van der Waals surface area (Å²) >= 11 is 14.7. The van der Waals surface area contributed by atoms with Gasteiger partial charge in [0.1, 0.15) is 10.0 Å². The summed E-state index contributed by atoms with van der Waals surface area (Å²) in [5.74, 6) is 1.36. The number of hydrogen-bond donors (Lipinski definition) is 0. The zero-order valence-electron chi connectivity index (χ0n) is 11.8. The van der Waals surface area contributed by atoms with E-state index in [-0.39, 0.29) is 0 Å².